The van der Waals surface area contributed by atoms with Gasteiger partial charge in [-0.2, -0.15) is 0 Å². The summed E-state index contributed by atoms with van der Waals surface area (Å²) in [6, 6.07) is 7.18. The molecule has 1 amide bonds. The Bertz CT molecular complexity index is 782. The lowest BCUT2D eigenvalue weighted by molar-refractivity contribution is 0.0924. The lowest BCUT2D eigenvalue weighted by Gasteiger charge is -2.34. The van der Waals surface area contributed by atoms with Gasteiger partial charge in [0, 0.05) is 43.3 Å². The Kier molecular flexibility index (Phi) is 6.17. The quantitative estimate of drug-likeness (QED) is 0.864. The van der Waals surface area contributed by atoms with Crippen LogP contribution in [0.1, 0.15) is 48.1 Å². The average molecular weight is 354 g/mol. The van der Waals surface area contributed by atoms with Gasteiger partial charge < -0.3 is 9.88 Å². The van der Waals surface area contributed by atoms with Crippen molar-refractivity contribution in [3.05, 3.63) is 64.3 Å². The third-order valence-electron chi connectivity index (χ3n) is 4.96. The lowest BCUT2D eigenvalue weighted by Crippen LogP contribution is -2.40. The molecule has 0 aliphatic carbocycles. The molecule has 6 heteroatoms. The molecule has 2 aromatic rings. The highest BCUT2D eigenvalue weighted by molar-refractivity contribution is 5.94. The third-order valence-corrected chi connectivity index (χ3v) is 4.96. The first-order valence-electron chi connectivity index (χ1n) is 9.31. The van der Waals surface area contributed by atoms with Gasteiger partial charge in [0.05, 0.1) is 6.04 Å². The molecule has 0 aromatic carbocycles. The number of hydrogen-bond donors (Lipinski definition) is 1. The van der Waals surface area contributed by atoms with Gasteiger partial charge in [0.25, 0.3) is 11.5 Å². The van der Waals surface area contributed by atoms with Gasteiger partial charge in [-0.15, -0.1) is 0 Å². The van der Waals surface area contributed by atoms with Gasteiger partial charge in [-0.25, -0.2) is 0 Å². The number of carbonyl (C=O) groups is 1. The van der Waals surface area contributed by atoms with Crippen LogP contribution in [0.25, 0.3) is 0 Å². The number of aromatic nitrogens is 2. The molecule has 1 atom stereocenters. The molecule has 0 radical (unpaired) electrons. The van der Waals surface area contributed by atoms with E-state index in [9.17, 15) is 9.59 Å². The predicted molar refractivity (Wildman–Crippen MR) is 101 cm³/mol. The van der Waals surface area contributed by atoms with Crippen molar-refractivity contribution in [2.75, 3.05) is 19.6 Å². The summed E-state index contributed by atoms with van der Waals surface area (Å²) in [5.41, 5.74) is 1.36. The van der Waals surface area contributed by atoms with E-state index in [2.05, 4.69) is 21.3 Å². The van der Waals surface area contributed by atoms with E-state index in [1.54, 1.807) is 23.0 Å². The van der Waals surface area contributed by atoms with Crippen LogP contribution < -0.4 is 10.9 Å². The van der Waals surface area contributed by atoms with E-state index in [4.69, 9.17) is 0 Å². The molecule has 1 fully saturated rings. The second-order valence-electron chi connectivity index (χ2n) is 6.65. The average Bonchev–Trinajstić information content (AvgIpc) is 2.69. The minimum Gasteiger partial charge on any atom is -0.350 e. The second kappa shape index (κ2) is 8.76. The fourth-order valence-corrected chi connectivity index (χ4v) is 3.46. The summed E-state index contributed by atoms with van der Waals surface area (Å²) >= 11 is 0. The van der Waals surface area contributed by atoms with E-state index >= 15 is 0 Å². The van der Waals surface area contributed by atoms with Crippen molar-refractivity contribution in [2.24, 2.45) is 0 Å². The second-order valence-corrected chi connectivity index (χ2v) is 6.65. The Morgan fingerprint density at radius 1 is 1.27 bits per heavy atom. The van der Waals surface area contributed by atoms with Gasteiger partial charge in [-0.1, -0.05) is 12.5 Å². The highest BCUT2D eigenvalue weighted by Crippen LogP contribution is 2.23. The van der Waals surface area contributed by atoms with Crippen molar-refractivity contribution in [3.63, 3.8) is 0 Å². The molecule has 6 nitrogen and oxygen atoms in total. The monoisotopic (exact) mass is 354 g/mol. The van der Waals surface area contributed by atoms with E-state index in [-0.39, 0.29) is 17.5 Å². The van der Waals surface area contributed by atoms with E-state index in [0.29, 0.717) is 18.7 Å². The SMILES string of the molecule is CCn1ccc(C(=O)NCC(c2cccnc2)N2CCCCC2)cc1=O. The van der Waals surface area contributed by atoms with Crippen LogP contribution >= 0.6 is 0 Å². The molecule has 2 aromatic heterocycles. The first-order valence-corrected chi connectivity index (χ1v) is 9.31. The van der Waals surface area contributed by atoms with Gasteiger partial charge in [-0.05, 0) is 50.6 Å². The van der Waals surface area contributed by atoms with Crippen molar-refractivity contribution in [1.82, 2.24) is 19.8 Å². The van der Waals surface area contributed by atoms with Crippen LogP contribution in [0.4, 0.5) is 0 Å². The number of pyridine rings is 2. The van der Waals surface area contributed by atoms with E-state index in [1.807, 2.05) is 19.2 Å². The summed E-state index contributed by atoms with van der Waals surface area (Å²) in [7, 11) is 0. The Morgan fingerprint density at radius 3 is 2.73 bits per heavy atom. The van der Waals surface area contributed by atoms with E-state index in [1.165, 1.54) is 25.3 Å². The van der Waals surface area contributed by atoms with Crippen LogP contribution in [0.5, 0.6) is 0 Å². The number of nitrogens with one attached hydrogen (secondary N) is 1. The van der Waals surface area contributed by atoms with Crippen LogP contribution in [0, 0.1) is 0 Å². The molecular weight excluding hydrogens is 328 g/mol. The zero-order chi connectivity index (χ0) is 18.4. The fourth-order valence-electron chi connectivity index (χ4n) is 3.46. The fraction of sp³-hybridized carbons (Fsp3) is 0.450. The van der Waals surface area contributed by atoms with Crippen molar-refractivity contribution < 1.29 is 4.79 Å². The highest BCUT2D eigenvalue weighted by atomic mass is 16.2. The highest BCUT2D eigenvalue weighted by Gasteiger charge is 2.23. The van der Waals surface area contributed by atoms with Gasteiger partial charge in [0.2, 0.25) is 0 Å². The van der Waals surface area contributed by atoms with E-state index < -0.39 is 0 Å². The number of likely N-dealkylation sites (tertiary alicyclic amines) is 1. The molecule has 26 heavy (non-hydrogen) atoms. The van der Waals surface area contributed by atoms with Crippen LogP contribution in [0.3, 0.4) is 0 Å². The Morgan fingerprint density at radius 2 is 2.08 bits per heavy atom. The molecule has 0 spiro atoms. The Balaban J connectivity index is 1.71. The molecule has 1 saturated heterocycles. The zero-order valence-electron chi connectivity index (χ0n) is 15.2. The Labute approximate surface area is 153 Å². The van der Waals surface area contributed by atoms with Gasteiger partial charge >= 0.3 is 0 Å². The first kappa shape index (κ1) is 18.3. The zero-order valence-corrected chi connectivity index (χ0v) is 15.2. The van der Waals surface area contributed by atoms with Gasteiger partial charge in [0.1, 0.15) is 0 Å². The normalized spacial score (nSPS) is 16.2. The van der Waals surface area contributed by atoms with Crippen LogP contribution in [-0.4, -0.2) is 40.0 Å². The molecule has 1 aliphatic heterocycles. The van der Waals surface area contributed by atoms with Crippen molar-refractivity contribution >= 4 is 5.91 Å². The number of carbonyl (C=O) groups excluding carboxylic acids is 1. The predicted octanol–water partition coefficient (Wildman–Crippen LogP) is 2.22. The molecule has 1 aliphatic rings. The molecule has 1 unspecified atom stereocenters. The summed E-state index contributed by atoms with van der Waals surface area (Å²) in [4.78, 5) is 31.1. The molecular formula is C20H26N4O2. The summed E-state index contributed by atoms with van der Waals surface area (Å²) in [5.74, 6) is -0.212. The smallest absolute Gasteiger partial charge is 0.251 e. The maximum absolute atomic E-state index is 12.5. The van der Waals surface area contributed by atoms with Crippen LogP contribution in [0.2, 0.25) is 0 Å². The number of amides is 1. The van der Waals surface area contributed by atoms with Crippen molar-refractivity contribution in [2.45, 2.75) is 38.8 Å². The van der Waals surface area contributed by atoms with E-state index in [0.717, 1.165) is 18.7 Å². The summed E-state index contributed by atoms with van der Waals surface area (Å²) in [6.07, 6.45) is 8.92. The first-order chi connectivity index (χ1) is 12.7. The largest absolute Gasteiger partial charge is 0.350 e. The van der Waals surface area contributed by atoms with Crippen LogP contribution in [-0.2, 0) is 6.54 Å². The maximum atomic E-state index is 12.5. The number of piperidine rings is 1. The number of rotatable bonds is 6. The molecule has 0 bridgehead atoms. The molecule has 3 rings (SSSR count). The third kappa shape index (κ3) is 4.38. The van der Waals surface area contributed by atoms with Crippen LogP contribution in [0.15, 0.2) is 47.7 Å². The Hall–Kier alpha value is -2.47. The number of hydrogen-bond acceptors (Lipinski definition) is 4. The van der Waals surface area contributed by atoms with Crippen molar-refractivity contribution in [3.8, 4) is 0 Å². The van der Waals surface area contributed by atoms with Gasteiger partial charge in [-0.3, -0.25) is 19.5 Å². The molecule has 0 saturated carbocycles. The number of aryl methyl sites for hydroxylation is 1. The molecule has 138 valence electrons. The maximum Gasteiger partial charge on any atom is 0.251 e. The molecule has 3 heterocycles. The standard InChI is InChI=1S/C20H26N4O2/c1-2-23-12-8-16(13-19(23)25)20(26)22-15-18(17-7-6-9-21-14-17)24-10-4-3-5-11-24/h6-9,12-14,18H,2-5,10-11,15H2,1H3,(H,22,26). The minimum atomic E-state index is -0.212. The van der Waals surface area contributed by atoms with Gasteiger partial charge in [0.15, 0.2) is 0 Å². The van der Waals surface area contributed by atoms with Crippen molar-refractivity contribution in [1.29, 1.82) is 0 Å². The summed E-state index contributed by atoms with van der Waals surface area (Å²) in [6.45, 7) is 5.06. The lowest BCUT2D eigenvalue weighted by atomic mass is 10.0. The topological polar surface area (TPSA) is 67.2 Å². The summed E-state index contributed by atoms with van der Waals surface area (Å²) < 4.78 is 1.57. The number of nitrogens with zero attached hydrogens (tertiary/aromatic N) is 3. The molecule has 1 N–H and O–H groups in total. The minimum absolute atomic E-state index is 0.101. The summed E-state index contributed by atoms with van der Waals surface area (Å²) in [5, 5.41) is 3.00.